The molecular weight excluding hydrogens is 162 g/mol. The van der Waals surface area contributed by atoms with Gasteiger partial charge in [0.25, 0.3) is 0 Å². The Morgan fingerprint density at radius 2 is 2.15 bits per heavy atom. The van der Waals surface area contributed by atoms with Crippen LogP contribution in [0.5, 0.6) is 0 Å². The van der Waals surface area contributed by atoms with Gasteiger partial charge in [0.1, 0.15) is 11.5 Å². The standard InChI is InChI=1S/C10H15N3/c1-8-5-6-12-9(7-8)10(11-2)13(3)4/h5-7H,1-4H3/b11-10-. The van der Waals surface area contributed by atoms with Crippen LogP contribution in [0, 0.1) is 6.92 Å². The lowest BCUT2D eigenvalue weighted by Crippen LogP contribution is -2.23. The lowest BCUT2D eigenvalue weighted by Gasteiger charge is -2.14. The van der Waals surface area contributed by atoms with Crippen molar-refractivity contribution in [2.45, 2.75) is 6.92 Å². The summed E-state index contributed by atoms with van der Waals surface area (Å²) in [5.41, 5.74) is 2.13. The number of pyridine rings is 1. The molecule has 0 atom stereocenters. The Bertz CT molecular complexity index is 316. The van der Waals surface area contributed by atoms with Crippen LogP contribution in [0.4, 0.5) is 0 Å². The van der Waals surface area contributed by atoms with Crippen molar-refractivity contribution in [1.29, 1.82) is 0 Å². The van der Waals surface area contributed by atoms with Gasteiger partial charge in [0.2, 0.25) is 0 Å². The summed E-state index contributed by atoms with van der Waals surface area (Å²) in [6.45, 7) is 2.05. The van der Waals surface area contributed by atoms with Crippen LogP contribution in [0.15, 0.2) is 23.3 Å². The number of hydrogen-bond donors (Lipinski definition) is 0. The number of nitrogens with zero attached hydrogens (tertiary/aromatic N) is 3. The molecule has 0 amide bonds. The fourth-order valence-electron chi connectivity index (χ4n) is 1.20. The van der Waals surface area contributed by atoms with E-state index in [9.17, 15) is 0 Å². The number of amidine groups is 1. The van der Waals surface area contributed by atoms with E-state index >= 15 is 0 Å². The van der Waals surface area contributed by atoms with Gasteiger partial charge in [0, 0.05) is 27.3 Å². The van der Waals surface area contributed by atoms with Crippen molar-refractivity contribution in [2.24, 2.45) is 4.99 Å². The zero-order valence-corrected chi connectivity index (χ0v) is 8.57. The summed E-state index contributed by atoms with van der Waals surface area (Å²) in [5.74, 6) is 0.906. The minimum absolute atomic E-state index is 0.906. The zero-order valence-electron chi connectivity index (χ0n) is 8.57. The van der Waals surface area contributed by atoms with Crippen molar-refractivity contribution < 1.29 is 0 Å². The molecule has 0 radical (unpaired) electrons. The fourth-order valence-corrected chi connectivity index (χ4v) is 1.20. The maximum Gasteiger partial charge on any atom is 0.149 e. The van der Waals surface area contributed by atoms with Crippen molar-refractivity contribution >= 4 is 5.84 Å². The van der Waals surface area contributed by atoms with E-state index in [-0.39, 0.29) is 0 Å². The molecule has 0 aliphatic heterocycles. The van der Waals surface area contributed by atoms with Gasteiger partial charge in [-0.05, 0) is 24.6 Å². The quantitative estimate of drug-likeness (QED) is 0.478. The molecule has 3 heteroatoms. The molecule has 0 saturated carbocycles. The third-order valence-electron chi connectivity index (χ3n) is 1.78. The Morgan fingerprint density at radius 3 is 2.62 bits per heavy atom. The Kier molecular flexibility index (Phi) is 3.01. The van der Waals surface area contributed by atoms with Crippen LogP contribution in [0.2, 0.25) is 0 Å². The van der Waals surface area contributed by atoms with Crippen LogP contribution < -0.4 is 0 Å². The van der Waals surface area contributed by atoms with Gasteiger partial charge in [-0.1, -0.05) is 0 Å². The highest BCUT2D eigenvalue weighted by Gasteiger charge is 2.05. The average molecular weight is 177 g/mol. The molecule has 0 aliphatic carbocycles. The highest BCUT2D eigenvalue weighted by atomic mass is 15.1. The van der Waals surface area contributed by atoms with E-state index in [2.05, 4.69) is 9.98 Å². The summed E-state index contributed by atoms with van der Waals surface area (Å²) >= 11 is 0. The predicted octanol–water partition coefficient (Wildman–Crippen LogP) is 1.33. The van der Waals surface area contributed by atoms with Crippen molar-refractivity contribution in [2.75, 3.05) is 21.1 Å². The molecule has 0 aromatic carbocycles. The first-order valence-electron chi connectivity index (χ1n) is 4.22. The normalized spacial score (nSPS) is 11.5. The smallest absolute Gasteiger partial charge is 0.149 e. The summed E-state index contributed by atoms with van der Waals surface area (Å²) in [5, 5.41) is 0. The van der Waals surface area contributed by atoms with E-state index in [0.29, 0.717) is 0 Å². The van der Waals surface area contributed by atoms with Gasteiger partial charge in [-0.25, -0.2) is 0 Å². The molecule has 0 N–H and O–H groups in total. The van der Waals surface area contributed by atoms with Crippen molar-refractivity contribution in [3.8, 4) is 0 Å². The molecule has 3 nitrogen and oxygen atoms in total. The maximum atomic E-state index is 4.26. The van der Waals surface area contributed by atoms with Gasteiger partial charge in [-0.2, -0.15) is 0 Å². The molecule has 0 bridgehead atoms. The Hall–Kier alpha value is -1.38. The summed E-state index contributed by atoms with van der Waals surface area (Å²) in [6, 6.07) is 4.01. The van der Waals surface area contributed by atoms with Gasteiger partial charge in [-0.15, -0.1) is 0 Å². The second kappa shape index (κ2) is 4.03. The molecule has 0 aliphatic rings. The molecule has 1 rings (SSSR count). The first-order chi connectivity index (χ1) is 6.15. The molecular formula is C10H15N3. The van der Waals surface area contributed by atoms with E-state index < -0.39 is 0 Å². The lowest BCUT2D eigenvalue weighted by molar-refractivity contribution is 0.620. The number of aromatic nitrogens is 1. The first-order valence-corrected chi connectivity index (χ1v) is 4.22. The average Bonchev–Trinajstić information content (AvgIpc) is 2.04. The highest BCUT2D eigenvalue weighted by molar-refractivity contribution is 5.96. The summed E-state index contributed by atoms with van der Waals surface area (Å²) in [6.07, 6.45) is 1.80. The monoisotopic (exact) mass is 177 g/mol. The molecule has 13 heavy (non-hydrogen) atoms. The van der Waals surface area contributed by atoms with Gasteiger partial charge >= 0.3 is 0 Å². The summed E-state index contributed by atoms with van der Waals surface area (Å²) in [7, 11) is 5.71. The fraction of sp³-hybridized carbons (Fsp3) is 0.400. The van der Waals surface area contributed by atoms with Crippen molar-refractivity contribution in [1.82, 2.24) is 9.88 Å². The summed E-state index contributed by atoms with van der Waals surface area (Å²) in [4.78, 5) is 10.4. The maximum absolute atomic E-state index is 4.26. The van der Waals surface area contributed by atoms with Gasteiger partial charge in [-0.3, -0.25) is 9.98 Å². The van der Waals surface area contributed by atoms with Crippen LogP contribution >= 0.6 is 0 Å². The number of hydrogen-bond acceptors (Lipinski definition) is 2. The number of aryl methyl sites for hydroxylation is 1. The van der Waals surface area contributed by atoms with E-state index in [4.69, 9.17) is 0 Å². The Morgan fingerprint density at radius 1 is 1.46 bits per heavy atom. The summed E-state index contributed by atoms with van der Waals surface area (Å²) < 4.78 is 0. The van der Waals surface area contributed by atoms with Crippen LogP contribution in [-0.2, 0) is 0 Å². The van der Waals surface area contributed by atoms with Crippen LogP contribution in [-0.4, -0.2) is 36.9 Å². The van der Waals surface area contributed by atoms with E-state index in [0.717, 1.165) is 11.5 Å². The van der Waals surface area contributed by atoms with Crippen LogP contribution in [0.3, 0.4) is 0 Å². The molecule has 1 aromatic rings. The molecule has 1 aromatic heterocycles. The minimum atomic E-state index is 0.906. The van der Waals surface area contributed by atoms with Crippen LogP contribution in [0.25, 0.3) is 0 Å². The predicted molar refractivity (Wildman–Crippen MR) is 55.1 cm³/mol. The second-order valence-corrected chi connectivity index (χ2v) is 3.16. The van der Waals surface area contributed by atoms with Crippen molar-refractivity contribution in [3.05, 3.63) is 29.6 Å². The van der Waals surface area contributed by atoms with E-state index in [1.165, 1.54) is 5.56 Å². The topological polar surface area (TPSA) is 28.5 Å². The minimum Gasteiger partial charge on any atom is -0.361 e. The van der Waals surface area contributed by atoms with Gasteiger partial charge in [0.15, 0.2) is 0 Å². The Labute approximate surface area is 79.1 Å². The molecule has 70 valence electrons. The van der Waals surface area contributed by atoms with Crippen LogP contribution in [0.1, 0.15) is 11.3 Å². The van der Waals surface area contributed by atoms with Gasteiger partial charge < -0.3 is 4.90 Å². The third-order valence-corrected chi connectivity index (χ3v) is 1.78. The largest absolute Gasteiger partial charge is 0.361 e. The number of rotatable bonds is 1. The first kappa shape index (κ1) is 9.71. The van der Waals surface area contributed by atoms with E-state index in [1.807, 2.05) is 38.1 Å². The Balaban J connectivity index is 3.06. The molecule has 1 heterocycles. The molecule has 0 fully saturated rings. The second-order valence-electron chi connectivity index (χ2n) is 3.16. The molecule has 0 spiro atoms. The molecule has 0 saturated heterocycles. The SMILES string of the molecule is C/N=C(/c1cc(C)ccn1)N(C)C. The third kappa shape index (κ3) is 2.28. The van der Waals surface area contributed by atoms with Gasteiger partial charge in [0.05, 0.1) is 0 Å². The van der Waals surface area contributed by atoms with E-state index in [1.54, 1.807) is 13.2 Å². The highest BCUT2D eigenvalue weighted by Crippen LogP contribution is 2.02. The number of aliphatic imine (C=N–C) groups is 1. The lowest BCUT2D eigenvalue weighted by atomic mass is 10.2. The van der Waals surface area contributed by atoms with Crippen molar-refractivity contribution in [3.63, 3.8) is 0 Å². The zero-order chi connectivity index (χ0) is 9.84. The molecule has 0 unspecified atom stereocenters.